The van der Waals surface area contributed by atoms with Crippen LogP contribution < -0.4 is 0 Å². The van der Waals surface area contributed by atoms with Crippen molar-refractivity contribution in [2.24, 2.45) is 0 Å². The van der Waals surface area contributed by atoms with Crippen molar-refractivity contribution < 1.29 is 19.1 Å². The maximum Gasteiger partial charge on any atom is 0.345 e. The minimum absolute atomic E-state index is 0.0318. The Kier molecular flexibility index (Phi) is 3.05. The van der Waals surface area contributed by atoms with Crippen LogP contribution in [-0.2, 0) is 19.1 Å². The van der Waals surface area contributed by atoms with Crippen LogP contribution in [0.4, 0.5) is 0 Å². The number of rotatable bonds is 3. The van der Waals surface area contributed by atoms with E-state index in [9.17, 15) is 9.59 Å². The molecule has 1 aromatic heterocycles. The molecule has 2 rings (SSSR count). The summed E-state index contributed by atoms with van der Waals surface area (Å²) in [7, 11) is 0. The SMILES string of the molecule is CCOC(=O)C1=C(c2cccs2)OCC1=O. The van der Waals surface area contributed by atoms with E-state index < -0.39 is 5.97 Å². The molecule has 1 aliphatic heterocycles. The third kappa shape index (κ3) is 1.86. The predicted molar refractivity (Wildman–Crippen MR) is 58.8 cm³/mol. The van der Waals surface area contributed by atoms with Crippen LogP contribution in [0, 0.1) is 0 Å². The highest BCUT2D eigenvalue weighted by Gasteiger charge is 2.32. The van der Waals surface area contributed by atoms with Gasteiger partial charge in [0.05, 0.1) is 11.5 Å². The van der Waals surface area contributed by atoms with Gasteiger partial charge in [-0.1, -0.05) is 6.07 Å². The standard InChI is InChI=1S/C11H10O4S/c1-2-14-11(13)9-7(12)6-15-10(9)8-4-3-5-16-8/h3-5H,2,6H2,1H3. The molecule has 0 amide bonds. The zero-order valence-electron chi connectivity index (χ0n) is 8.69. The summed E-state index contributed by atoms with van der Waals surface area (Å²) in [6.07, 6.45) is 0. The van der Waals surface area contributed by atoms with Crippen LogP contribution in [0.1, 0.15) is 11.8 Å². The Morgan fingerprint density at radius 2 is 2.44 bits per heavy atom. The molecule has 0 radical (unpaired) electrons. The van der Waals surface area contributed by atoms with Crippen LogP contribution in [0.15, 0.2) is 23.1 Å². The van der Waals surface area contributed by atoms with E-state index in [2.05, 4.69) is 0 Å². The quantitative estimate of drug-likeness (QED) is 0.593. The number of Topliss-reactive ketones (excluding diaryl/α,β-unsaturated/α-hetero) is 1. The molecule has 5 heteroatoms. The molecule has 0 atom stereocenters. The summed E-state index contributed by atoms with van der Waals surface area (Å²) in [6, 6.07) is 3.64. The number of ketones is 1. The van der Waals surface area contributed by atoms with Crippen LogP contribution in [0.25, 0.3) is 5.76 Å². The molecule has 0 aromatic carbocycles. The third-order valence-corrected chi connectivity index (χ3v) is 2.95. The van der Waals surface area contributed by atoms with E-state index in [-0.39, 0.29) is 24.6 Å². The topological polar surface area (TPSA) is 52.6 Å². The van der Waals surface area contributed by atoms with Crippen molar-refractivity contribution in [1.82, 2.24) is 0 Å². The summed E-state index contributed by atoms with van der Waals surface area (Å²) < 4.78 is 10.1. The number of esters is 1. The fourth-order valence-electron chi connectivity index (χ4n) is 1.42. The lowest BCUT2D eigenvalue weighted by molar-refractivity contribution is -0.139. The highest BCUT2D eigenvalue weighted by atomic mass is 32.1. The number of hydrogen-bond acceptors (Lipinski definition) is 5. The number of hydrogen-bond donors (Lipinski definition) is 0. The van der Waals surface area contributed by atoms with Gasteiger partial charge in [-0.3, -0.25) is 4.79 Å². The van der Waals surface area contributed by atoms with Crippen molar-refractivity contribution in [2.75, 3.05) is 13.2 Å². The van der Waals surface area contributed by atoms with E-state index >= 15 is 0 Å². The minimum atomic E-state index is -0.603. The van der Waals surface area contributed by atoms with Crippen molar-refractivity contribution in [3.8, 4) is 0 Å². The number of ether oxygens (including phenoxy) is 2. The van der Waals surface area contributed by atoms with Crippen molar-refractivity contribution in [3.05, 3.63) is 28.0 Å². The van der Waals surface area contributed by atoms with Gasteiger partial charge in [0.2, 0.25) is 5.78 Å². The van der Waals surface area contributed by atoms with Crippen molar-refractivity contribution in [1.29, 1.82) is 0 Å². The maximum atomic E-state index is 11.6. The van der Waals surface area contributed by atoms with Crippen LogP contribution in [-0.4, -0.2) is 25.0 Å². The van der Waals surface area contributed by atoms with Crippen LogP contribution in [0.3, 0.4) is 0 Å². The van der Waals surface area contributed by atoms with Crippen LogP contribution in [0.5, 0.6) is 0 Å². The monoisotopic (exact) mass is 238 g/mol. The maximum absolute atomic E-state index is 11.6. The van der Waals surface area contributed by atoms with Gasteiger partial charge in [-0.05, 0) is 18.4 Å². The fourth-order valence-corrected chi connectivity index (χ4v) is 2.15. The van der Waals surface area contributed by atoms with Crippen LogP contribution >= 0.6 is 11.3 Å². The van der Waals surface area contributed by atoms with E-state index in [4.69, 9.17) is 9.47 Å². The van der Waals surface area contributed by atoms with Gasteiger partial charge in [0.15, 0.2) is 12.4 Å². The second-order valence-electron chi connectivity index (χ2n) is 3.11. The van der Waals surface area contributed by atoms with Crippen molar-refractivity contribution >= 4 is 28.8 Å². The van der Waals surface area contributed by atoms with Gasteiger partial charge >= 0.3 is 5.97 Å². The smallest absolute Gasteiger partial charge is 0.345 e. The Hall–Kier alpha value is -1.62. The van der Waals surface area contributed by atoms with E-state index in [1.54, 1.807) is 13.0 Å². The average Bonchev–Trinajstić information content (AvgIpc) is 2.86. The third-order valence-electron chi connectivity index (χ3n) is 2.08. The molecule has 0 saturated heterocycles. The highest BCUT2D eigenvalue weighted by Crippen LogP contribution is 2.30. The Morgan fingerprint density at radius 1 is 1.62 bits per heavy atom. The molecule has 0 bridgehead atoms. The van der Waals surface area contributed by atoms with E-state index in [0.29, 0.717) is 5.76 Å². The molecule has 84 valence electrons. The van der Waals surface area contributed by atoms with Gasteiger partial charge in [0.1, 0.15) is 5.57 Å². The first kappa shape index (κ1) is 10.9. The Balaban J connectivity index is 2.39. The molecule has 16 heavy (non-hydrogen) atoms. The number of thiophene rings is 1. The Labute approximate surface area is 96.5 Å². The van der Waals surface area contributed by atoms with Gasteiger partial charge < -0.3 is 9.47 Å². The lowest BCUT2D eigenvalue weighted by Crippen LogP contribution is -2.14. The number of carbonyl (C=O) groups excluding carboxylic acids is 2. The van der Waals surface area contributed by atoms with E-state index in [1.807, 2.05) is 11.4 Å². The van der Waals surface area contributed by atoms with Gasteiger partial charge in [0, 0.05) is 0 Å². The second kappa shape index (κ2) is 4.49. The second-order valence-corrected chi connectivity index (χ2v) is 4.06. The predicted octanol–water partition coefficient (Wildman–Crippen LogP) is 1.62. The lowest BCUT2D eigenvalue weighted by atomic mass is 10.1. The van der Waals surface area contributed by atoms with E-state index in [1.165, 1.54) is 11.3 Å². The van der Waals surface area contributed by atoms with E-state index in [0.717, 1.165) is 4.88 Å². The summed E-state index contributed by atoms with van der Waals surface area (Å²) in [5.41, 5.74) is 0.0318. The Bertz CT molecular complexity index is 445. The summed E-state index contributed by atoms with van der Waals surface area (Å²) in [4.78, 5) is 23.9. The largest absolute Gasteiger partial charge is 0.483 e. The summed E-state index contributed by atoms with van der Waals surface area (Å²) >= 11 is 1.42. The molecule has 0 unspecified atom stereocenters. The first-order valence-electron chi connectivity index (χ1n) is 4.85. The summed E-state index contributed by atoms with van der Waals surface area (Å²) in [6.45, 7) is 1.86. The zero-order chi connectivity index (χ0) is 11.5. The Morgan fingerprint density at radius 3 is 3.06 bits per heavy atom. The normalized spacial score (nSPS) is 15.2. The minimum Gasteiger partial charge on any atom is -0.483 e. The van der Waals surface area contributed by atoms with Gasteiger partial charge in [0.25, 0.3) is 0 Å². The first-order valence-corrected chi connectivity index (χ1v) is 5.73. The van der Waals surface area contributed by atoms with Crippen molar-refractivity contribution in [2.45, 2.75) is 6.92 Å². The summed E-state index contributed by atoms with van der Waals surface area (Å²) in [5.74, 6) is -0.575. The van der Waals surface area contributed by atoms with Crippen LogP contribution in [0.2, 0.25) is 0 Å². The molecule has 0 fully saturated rings. The zero-order valence-corrected chi connectivity index (χ0v) is 9.50. The lowest BCUT2D eigenvalue weighted by Gasteiger charge is -2.02. The van der Waals surface area contributed by atoms with Gasteiger partial charge in [-0.15, -0.1) is 11.3 Å². The molecule has 0 saturated carbocycles. The van der Waals surface area contributed by atoms with Crippen molar-refractivity contribution in [3.63, 3.8) is 0 Å². The molecule has 1 aromatic rings. The van der Waals surface area contributed by atoms with Gasteiger partial charge in [-0.2, -0.15) is 0 Å². The molecule has 0 aliphatic carbocycles. The molecule has 0 spiro atoms. The summed E-state index contributed by atoms with van der Waals surface area (Å²) in [5, 5.41) is 1.86. The fraction of sp³-hybridized carbons (Fsp3) is 0.273. The van der Waals surface area contributed by atoms with Gasteiger partial charge in [-0.25, -0.2) is 4.79 Å². The number of carbonyl (C=O) groups is 2. The average molecular weight is 238 g/mol. The molecule has 0 N–H and O–H groups in total. The molecule has 1 aliphatic rings. The first-order chi connectivity index (χ1) is 7.74. The highest BCUT2D eigenvalue weighted by molar-refractivity contribution is 7.11. The molecule has 4 nitrogen and oxygen atoms in total. The molecular formula is C11H10O4S. The molecular weight excluding hydrogens is 228 g/mol. The molecule has 2 heterocycles.